The van der Waals surface area contributed by atoms with Crippen LogP contribution in [0.15, 0.2) is 35.2 Å². The molecule has 0 radical (unpaired) electrons. The van der Waals surface area contributed by atoms with Gasteiger partial charge in [0.15, 0.2) is 0 Å². The van der Waals surface area contributed by atoms with Gasteiger partial charge in [-0.25, -0.2) is 12.7 Å². The highest BCUT2D eigenvalue weighted by Gasteiger charge is 2.72. The molecule has 1 aromatic rings. The van der Waals surface area contributed by atoms with Gasteiger partial charge in [-0.1, -0.05) is 32.0 Å². The summed E-state index contributed by atoms with van der Waals surface area (Å²) in [5.41, 5.74) is -0.251. The SMILES string of the molecule is C[C@H](Sc1ccccc1)C(=O)N1[C@@H]2C[C@H]3CC[C@]2(CS1(=O)=O)C3(C)C. The van der Waals surface area contributed by atoms with Crippen LogP contribution in [0.5, 0.6) is 0 Å². The van der Waals surface area contributed by atoms with Crippen LogP contribution in [0.2, 0.25) is 0 Å². The normalized spacial score (nSPS) is 35.6. The molecule has 136 valence electrons. The van der Waals surface area contributed by atoms with Crippen LogP contribution in [-0.4, -0.2) is 35.7 Å². The second-order valence-electron chi connectivity index (χ2n) is 8.33. The largest absolute Gasteiger partial charge is 0.273 e. The third kappa shape index (κ3) is 2.33. The highest BCUT2D eigenvalue weighted by atomic mass is 32.2. The topological polar surface area (TPSA) is 54.5 Å². The van der Waals surface area contributed by atoms with E-state index in [4.69, 9.17) is 0 Å². The van der Waals surface area contributed by atoms with E-state index >= 15 is 0 Å². The molecular formula is C19H25NO3S2. The maximum Gasteiger partial charge on any atom is 0.249 e. The summed E-state index contributed by atoms with van der Waals surface area (Å²) in [7, 11) is -3.53. The van der Waals surface area contributed by atoms with E-state index in [1.165, 1.54) is 16.1 Å². The van der Waals surface area contributed by atoms with E-state index in [9.17, 15) is 13.2 Å². The molecule has 25 heavy (non-hydrogen) atoms. The Balaban J connectivity index is 1.63. The lowest BCUT2D eigenvalue weighted by Gasteiger charge is -2.37. The minimum atomic E-state index is -3.53. The zero-order chi connectivity index (χ0) is 18.0. The molecule has 3 fully saturated rings. The van der Waals surface area contributed by atoms with Crippen LogP contribution in [0, 0.1) is 16.7 Å². The van der Waals surface area contributed by atoms with E-state index in [0.717, 1.165) is 24.2 Å². The fourth-order valence-electron chi connectivity index (χ4n) is 5.51. The number of hydrogen-bond donors (Lipinski definition) is 0. The smallest absolute Gasteiger partial charge is 0.249 e. The highest BCUT2D eigenvalue weighted by molar-refractivity contribution is 8.00. The summed E-state index contributed by atoms with van der Waals surface area (Å²) in [6, 6.07) is 9.56. The average molecular weight is 380 g/mol. The molecule has 1 heterocycles. The molecule has 1 spiro atoms. The van der Waals surface area contributed by atoms with Crippen molar-refractivity contribution in [1.29, 1.82) is 0 Å². The molecule has 2 bridgehead atoms. The van der Waals surface area contributed by atoms with E-state index in [2.05, 4.69) is 13.8 Å². The number of sulfonamides is 1. The van der Waals surface area contributed by atoms with Crippen molar-refractivity contribution in [1.82, 2.24) is 4.31 Å². The van der Waals surface area contributed by atoms with Crippen molar-refractivity contribution in [2.75, 3.05) is 5.75 Å². The van der Waals surface area contributed by atoms with Crippen LogP contribution in [0.25, 0.3) is 0 Å². The number of carbonyl (C=O) groups excluding carboxylic acids is 1. The maximum atomic E-state index is 13.1. The summed E-state index contributed by atoms with van der Waals surface area (Å²) in [5, 5.41) is -0.408. The van der Waals surface area contributed by atoms with Crippen LogP contribution < -0.4 is 0 Å². The number of hydrogen-bond acceptors (Lipinski definition) is 4. The van der Waals surface area contributed by atoms with Crippen molar-refractivity contribution >= 4 is 27.7 Å². The van der Waals surface area contributed by atoms with Crippen molar-refractivity contribution in [3.05, 3.63) is 30.3 Å². The first-order valence-corrected chi connectivity index (χ1v) is 11.5. The van der Waals surface area contributed by atoms with Gasteiger partial charge in [-0.3, -0.25) is 4.79 Å². The van der Waals surface area contributed by atoms with Crippen LogP contribution in [-0.2, 0) is 14.8 Å². The maximum absolute atomic E-state index is 13.1. The van der Waals surface area contributed by atoms with Gasteiger partial charge >= 0.3 is 0 Å². The fourth-order valence-corrected chi connectivity index (χ4v) is 9.12. The number of nitrogens with zero attached hydrogens (tertiary/aromatic N) is 1. The molecule has 2 aliphatic carbocycles. The minimum Gasteiger partial charge on any atom is -0.273 e. The van der Waals surface area contributed by atoms with Crippen LogP contribution in [0.4, 0.5) is 0 Å². The van der Waals surface area contributed by atoms with Crippen LogP contribution in [0.1, 0.15) is 40.0 Å². The molecule has 0 aromatic heterocycles. The first-order valence-electron chi connectivity index (χ1n) is 8.97. The number of carbonyl (C=O) groups is 1. The molecule has 3 aliphatic rings. The fraction of sp³-hybridized carbons (Fsp3) is 0.632. The zero-order valence-electron chi connectivity index (χ0n) is 14.9. The molecule has 1 saturated heterocycles. The van der Waals surface area contributed by atoms with Gasteiger partial charge in [0.1, 0.15) is 0 Å². The summed E-state index contributed by atoms with van der Waals surface area (Å²) in [6.07, 6.45) is 2.86. The number of benzene rings is 1. The lowest BCUT2D eigenvalue weighted by atomic mass is 9.69. The van der Waals surface area contributed by atoms with Gasteiger partial charge < -0.3 is 0 Å². The van der Waals surface area contributed by atoms with Crippen LogP contribution in [0.3, 0.4) is 0 Å². The van der Waals surface area contributed by atoms with E-state index in [-0.39, 0.29) is 28.5 Å². The number of thioether (sulfide) groups is 1. The molecule has 0 N–H and O–H groups in total. The number of rotatable bonds is 3. The molecule has 4 nitrogen and oxygen atoms in total. The first-order chi connectivity index (χ1) is 11.7. The van der Waals surface area contributed by atoms with E-state index in [0.29, 0.717) is 5.92 Å². The van der Waals surface area contributed by atoms with Crippen LogP contribution >= 0.6 is 11.8 Å². The molecular weight excluding hydrogens is 354 g/mol. The summed E-state index contributed by atoms with van der Waals surface area (Å²) < 4.78 is 27.2. The predicted octanol–water partition coefficient (Wildman–Crippen LogP) is 3.53. The van der Waals surface area contributed by atoms with Gasteiger partial charge in [0, 0.05) is 10.3 Å². The van der Waals surface area contributed by atoms with Gasteiger partial charge in [0.2, 0.25) is 15.9 Å². The highest BCUT2D eigenvalue weighted by Crippen LogP contribution is 2.70. The van der Waals surface area contributed by atoms with Crippen molar-refractivity contribution in [2.45, 2.75) is 56.2 Å². The third-order valence-electron chi connectivity index (χ3n) is 7.03. The summed E-state index contributed by atoms with van der Waals surface area (Å²) in [5.74, 6) is 0.419. The van der Waals surface area contributed by atoms with Gasteiger partial charge in [0.05, 0.1) is 17.0 Å². The van der Waals surface area contributed by atoms with Crippen molar-refractivity contribution in [3.8, 4) is 0 Å². The van der Waals surface area contributed by atoms with Crippen molar-refractivity contribution in [3.63, 3.8) is 0 Å². The second kappa shape index (κ2) is 5.49. The second-order valence-corrected chi connectivity index (χ2v) is 11.6. The lowest BCUT2D eigenvalue weighted by molar-refractivity contribution is -0.128. The van der Waals surface area contributed by atoms with E-state index < -0.39 is 15.3 Å². The summed E-state index contributed by atoms with van der Waals surface area (Å²) in [4.78, 5) is 14.1. The quantitative estimate of drug-likeness (QED) is 0.754. The monoisotopic (exact) mass is 379 g/mol. The number of fused-ring (bicyclic) bond motifs is 1. The molecule has 1 aromatic carbocycles. The Bertz CT molecular complexity index is 805. The van der Waals surface area contributed by atoms with E-state index in [1.807, 2.05) is 37.3 Å². The standard InChI is InChI=1S/C19H25NO3S2/c1-13(24-15-7-5-4-6-8-15)17(21)20-16-11-14-9-10-19(16,18(14,2)3)12-25(20,22)23/h4-8,13-14,16H,9-12H2,1-3H3/t13-,14+,16+,19+/m0/s1. The zero-order valence-corrected chi connectivity index (χ0v) is 16.6. The molecule has 0 unspecified atom stereocenters. The molecule has 4 atom stereocenters. The molecule has 1 aliphatic heterocycles. The Labute approximate surface area is 154 Å². The van der Waals surface area contributed by atoms with Crippen molar-refractivity contribution < 1.29 is 13.2 Å². The molecule has 6 heteroatoms. The Morgan fingerprint density at radius 1 is 1.28 bits per heavy atom. The van der Waals surface area contributed by atoms with Crippen molar-refractivity contribution in [2.24, 2.45) is 16.7 Å². The predicted molar refractivity (Wildman–Crippen MR) is 99.7 cm³/mol. The Hall–Kier alpha value is -1.01. The minimum absolute atomic E-state index is 0.00439. The Kier molecular flexibility index (Phi) is 3.82. The molecule has 1 amide bonds. The number of amides is 1. The van der Waals surface area contributed by atoms with Gasteiger partial charge in [0.25, 0.3) is 0 Å². The Morgan fingerprint density at radius 2 is 1.96 bits per heavy atom. The summed E-state index contributed by atoms with van der Waals surface area (Å²) >= 11 is 1.44. The first kappa shape index (κ1) is 17.4. The third-order valence-corrected chi connectivity index (χ3v) is 10.0. The average Bonchev–Trinajstić information content (AvgIpc) is 3.02. The lowest BCUT2D eigenvalue weighted by Crippen LogP contribution is -2.46. The molecule has 2 saturated carbocycles. The van der Waals surface area contributed by atoms with Gasteiger partial charge in [-0.15, -0.1) is 11.8 Å². The Morgan fingerprint density at radius 3 is 2.60 bits per heavy atom. The summed E-state index contributed by atoms with van der Waals surface area (Å²) in [6.45, 7) is 6.23. The van der Waals surface area contributed by atoms with Gasteiger partial charge in [-0.05, 0) is 49.7 Å². The molecule has 4 rings (SSSR count). The van der Waals surface area contributed by atoms with Gasteiger partial charge in [-0.2, -0.15) is 0 Å². The van der Waals surface area contributed by atoms with E-state index in [1.54, 1.807) is 0 Å².